The van der Waals surface area contributed by atoms with Crippen LogP contribution in [-0.4, -0.2) is 148 Å². The lowest BCUT2D eigenvalue weighted by molar-refractivity contribution is -0.155. The molecule has 8 rings (SSSR count). The number of nitrogens with zero attached hydrogens (tertiary/aromatic N) is 6. The number of hydrogen-bond acceptors (Lipinski definition) is 12. The number of carbonyl (C=O) groups excluding carboxylic acids is 4. The first-order chi connectivity index (χ1) is 32.8. The first-order valence-electron chi connectivity index (χ1n) is 23.9. The summed E-state index contributed by atoms with van der Waals surface area (Å²) >= 11 is 0. The van der Waals surface area contributed by atoms with E-state index in [1.807, 2.05) is 24.4 Å². The number of pyridine rings is 1. The summed E-state index contributed by atoms with van der Waals surface area (Å²) in [5.74, 6) is -3.19. The second-order valence-corrected chi connectivity index (χ2v) is 22.1. The van der Waals surface area contributed by atoms with Gasteiger partial charge in [0.1, 0.15) is 23.9 Å². The van der Waals surface area contributed by atoms with E-state index in [9.17, 15) is 37.8 Å². The fourth-order valence-corrected chi connectivity index (χ4v) is 12.2. The second-order valence-electron chi connectivity index (χ2n) is 20.1. The summed E-state index contributed by atoms with van der Waals surface area (Å²) in [6.45, 7) is 11.2. The van der Waals surface area contributed by atoms with Gasteiger partial charge in [-0.05, 0) is 96.7 Å². The van der Waals surface area contributed by atoms with Crippen LogP contribution < -0.4 is 10.7 Å². The molecule has 0 spiro atoms. The molecule has 4 atom stereocenters. The van der Waals surface area contributed by atoms with Crippen molar-refractivity contribution in [1.82, 2.24) is 38.8 Å². The first kappa shape index (κ1) is 61.5. The Hall–Kier alpha value is -4.04. The number of ether oxygens (including phenoxy) is 2. The number of amides is 3. The van der Waals surface area contributed by atoms with E-state index in [0.29, 0.717) is 43.5 Å². The number of cyclic esters (lactones) is 1. The number of hydrogen-bond donors (Lipinski definition) is 4. The summed E-state index contributed by atoms with van der Waals surface area (Å²) in [7, 11) is -0.679. The predicted octanol–water partition coefficient (Wildman–Crippen LogP) is 4.07. The van der Waals surface area contributed by atoms with Gasteiger partial charge in [0.05, 0.1) is 30.9 Å². The average Bonchev–Trinajstić information content (AvgIpc) is 3.92. The van der Waals surface area contributed by atoms with Gasteiger partial charge in [-0.15, -0.1) is 0 Å². The minimum atomic E-state index is -3.86. The topological polar surface area (TPSA) is 216 Å². The maximum Gasteiger partial charge on any atom is 0.324 e. The first-order valence-corrected chi connectivity index (χ1v) is 25.3. The number of aryl methyl sites for hydroxylation is 1. The number of fused-ring (bicyclic) bond motifs is 6. The predicted molar refractivity (Wildman–Crippen MR) is 300 cm³/mol. The van der Waals surface area contributed by atoms with Gasteiger partial charge in [0.25, 0.3) is 16.1 Å². The zero-order chi connectivity index (χ0) is 49.5. The van der Waals surface area contributed by atoms with Crippen molar-refractivity contribution in [1.29, 1.82) is 0 Å². The van der Waals surface area contributed by atoms with Crippen LogP contribution in [-0.2, 0) is 64.9 Å². The van der Waals surface area contributed by atoms with E-state index < -0.39 is 75.4 Å². The summed E-state index contributed by atoms with van der Waals surface area (Å²) in [5, 5.41) is 26.4. The van der Waals surface area contributed by atoms with Gasteiger partial charge < -0.3 is 34.5 Å². The van der Waals surface area contributed by atoms with Gasteiger partial charge in [-0.2, -0.15) is 71.0 Å². The summed E-state index contributed by atoms with van der Waals surface area (Å²) in [4.78, 5) is 63.3. The molecule has 4 aliphatic rings. The molecule has 4 N–H and O–H groups in total. The van der Waals surface area contributed by atoms with Crippen LogP contribution >= 0.6 is 54.0 Å². The van der Waals surface area contributed by atoms with Crippen molar-refractivity contribution in [3.8, 4) is 28.1 Å². The molecule has 0 aliphatic carbocycles. The number of phenols is 1. The van der Waals surface area contributed by atoms with Crippen LogP contribution in [0.5, 0.6) is 5.75 Å². The van der Waals surface area contributed by atoms with Crippen LogP contribution in [0.25, 0.3) is 33.3 Å². The largest absolute Gasteiger partial charge is 0.508 e. The second kappa shape index (κ2) is 25.2. The zero-order valence-corrected chi connectivity index (χ0v) is 47.4. The quantitative estimate of drug-likeness (QED) is 0.157. The molecule has 23 heteroatoms. The summed E-state index contributed by atoms with van der Waals surface area (Å²) in [5.41, 5.74) is 9.53. The molecule has 0 radical (unpaired) electrons. The van der Waals surface area contributed by atoms with Crippen LogP contribution in [0.2, 0.25) is 0 Å². The molecule has 73 heavy (non-hydrogen) atoms. The fourth-order valence-electron chi connectivity index (χ4n) is 10.4. The number of esters is 1. The van der Waals surface area contributed by atoms with Gasteiger partial charge in [0, 0.05) is 94.1 Å². The summed E-state index contributed by atoms with van der Waals surface area (Å²) in [6.07, 6.45) is 4.53. The number of aromatic hydroxyl groups is 1. The Morgan fingerprint density at radius 2 is 1.73 bits per heavy atom. The van der Waals surface area contributed by atoms with Crippen LogP contribution in [0.4, 0.5) is 0 Å². The summed E-state index contributed by atoms with van der Waals surface area (Å²) < 4.78 is 42.8. The highest BCUT2D eigenvalue weighted by atomic mass is 32.2. The average molecular weight is 1110 g/mol. The molecule has 3 amide bonds. The Morgan fingerprint density at radius 3 is 2.40 bits per heavy atom. The van der Waals surface area contributed by atoms with E-state index in [1.54, 1.807) is 39.3 Å². The lowest BCUT2D eigenvalue weighted by Gasteiger charge is -2.37. The Bertz CT molecular complexity index is 2740. The van der Waals surface area contributed by atoms with Crippen molar-refractivity contribution in [2.75, 3.05) is 53.5 Å². The number of carbonyl (C=O) groups is 4. The Kier molecular flexibility index (Phi) is 21.2. The van der Waals surface area contributed by atoms with Crippen molar-refractivity contribution >= 4 is 98.8 Å². The maximum atomic E-state index is 14.8. The number of aliphatic hydroxyl groups excluding tert-OH is 1. The van der Waals surface area contributed by atoms with E-state index in [0.717, 1.165) is 38.9 Å². The molecule has 4 aromatic rings. The van der Waals surface area contributed by atoms with E-state index in [4.69, 9.17) is 9.47 Å². The molecule has 4 aliphatic heterocycles. The monoisotopic (exact) mass is 1110 g/mol. The van der Waals surface area contributed by atoms with E-state index in [1.165, 1.54) is 25.6 Å². The number of phenolic OH excluding ortho intramolecular Hbond substituents is 1. The highest BCUT2D eigenvalue weighted by Gasteiger charge is 2.45. The molecule has 2 aromatic carbocycles. The molecule has 3 fully saturated rings. The molecule has 2 aromatic heterocycles. The standard InChI is InChI=1S/C50H66N8O10S.4H2S/c1-8-57-43-12-11-32-22-38(43)39(45(57)40-24-51-15-13-34(40)28-67-7)23-50(4,5)29-68-49(64)41-10-9-16-58(53-41)48(63)42(20-31-18-35(32)21-36(59)19-31)52-46(61)44(30(2)3)54(6)47(62)33-14-17-55(25-33)69(65,66)56-26-37(60)27-56;;;;/h11-13,15,18-19,21-22,24,30,33,37,41-42,44,53,59-60H,8-10,14,16-17,20,23,25-29H2,1-7H3,(H,52,61);4*1H2/t33-,41-,42-,44-;;;;/m0..../s1. The van der Waals surface area contributed by atoms with E-state index in [-0.39, 0.29) is 112 Å². The lowest BCUT2D eigenvalue weighted by atomic mass is 9.84. The number of nitrogens with one attached hydrogen (secondary N) is 2. The lowest BCUT2D eigenvalue weighted by Crippen LogP contribution is -2.62. The number of rotatable bonds is 11. The number of aromatic nitrogens is 2. The molecule has 6 bridgehead atoms. The third kappa shape index (κ3) is 13.0. The van der Waals surface area contributed by atoms with Gasteiger partial charge in [-0.1, -0.05) is 39.8 Å². The van der Waals surface area contributed by atoms with Crippen LogP contribution in [0.3, 0.4) is 0 Å². The minimum Gasteiger partial charge on any atom is -0.508 e. The van der Waals surface area contributed by atoms with Gasteiger partial charge in [-0.3, -0.25) is 29.2 Å². The number of likely N-dealkylation sites (N-methyl/N-ethyl adjacent to an activating group) is 1. The number of hydrazine groups is 1. The van der Waals surface area contributed by atoms with Crippen LogP contribution in [0.1, 0.15) is 70.6 Å². The van der Waals surface area contributed by atoms with Gasteiger partial charge >= 0.3 is 5.97 Å². The third-order valence-electron chi connectivity index (χ3n) is 14.0. The van der Waals surface area contributed by atoms with Crippen molar-refractivity contribution in [2.45, 2.75) is 104 Å². The SMILES string of the molecule is CCn1c(-c2cnccc2COC)c2c3cc(ccc31)-c1cc(O)cc(c1)C[C@H](NC(=O)[C@H](C(C)C)N(C)C(=O)[C@H]1CCN(S(=O)(=O)N3CC(O)C3)C1)C(=O)N1CCC[C@H](N1)C(=O)OCC(C)(C)C2.S.S.S.S. The van der Waals surface area contributed by atoms with Crippen molar-refractivity contribution in [2.24, 2.45) is 17.3 Å². The highest BCUT2D eigenvalue weighted by Crippen LogP contribution is 2.41. The number of β-amino-alcohol motifs (C(OH)–C–C–N with tert-alkyl or cyclic N) is 1. The normalized spacial score (nSPS) is 21.1. The smallest absolute Gasteiger partial charge is 0.324 e. The molecule has 3 saturated heterocycles. The third-order valence-corrected chi connectivity index (χ3v) is 15.9. The number of aliphatic hydroxyl groups is 1. The Balaban J connectivity index is 0.00000289. The van der Waals surface area contributed by atoms with Gasteiger partial charge in [0.15, 0.2) is 0 Å². The number of benzene rings is 2. The Labute approximate surface area is 456 Å². The molecule has 0 saturated carbocycles. The van der Waals surface area contributed by atoms with Crippen molar-refractivity contribution in [3.05, 3.63) is 71.5 Å². The molecular weight excluding hydrogens is 1030 g/mol. The van der Waals surface area contributed by atoms with Gasteiger partial charge in [0.2, 0.25) is 11.8 Å². The number of methoxy groups -OCH3 is 1. The maximum absolute atomic E-state index is 14.8. The van der Waals surface area contributed by atoms with Crippen LogP contribution in [0.15, 0.2) is 54.9 Å². The van der Waals surface area contributed by atoms with Gasteiger partial charge in [-0.25, -0.2) is 5.43 Å². The molecule has 6 heterocycles. The summed E-state index contributed by atoms with van der Waals surface area (Å²) in [6, 6.07) is 10.2. The fraction of sp³-hybridized carbons (Fsp3) is 0.540. The molecule has 404 valence electrons. The molecule has 18 nitrogen and oxygen atoms in total. The zero-order valence-electron chi connectivity index (χ0n) is 42.6. The molecular formula is C50H74N8O10S5. The van der Waals surface area contributed by atoms with Crippen molar-refractivity contribution < 1.29 is 47.3 Å². The van der Waals surface area contributed by atoms with Crippen LogP contribution in [0, 0.1) is 17.3 Å². The minimum absolute atomic E-state index is 0. The van der Waals surface area contributed by atoms with E-state index >= 15 is 0 Å². The molecule has 0 unspecified atom stereocenters. The van der Waals surface area contributed by atoms with Crippen molar-refractivity contribution in [3.63, 3.8) is 0 Å². The Morgan fingerprint density at radius 1 is 1.00 bits per heavy atom. The van der Waals surface area contributed by atoms with E-state index in [2.05, 4.69) is 53.2 Å². The highest BCUT2D eigenvalue weighted by molar-refractivity contribution is 7.86.